The van der Waals surface area contributed by atoms with E-state index in [4.69, 9.17) is 17.3 Å². The number of rotatable bonds is 5. The third kappa shape index (κ3) is 4.70. The van der Waals surface area contributed by atoms with Crippen LogP contribution in [0.4, 0.5) is 5.69 Å². The van der Waals surface area contributed by atoms with E-state index in [2.05, 4.69) is 10.0 Å². The van der Waals surface area contributed by atoms with Gasteiger partial charge in [-0.25, -0.2) is 13.1 Å². The Hall–Kier alpha value is -1.31. The molecular weight excluding hydrogens is 290 g/mol. The molecule has 6 nitrogen and oxygen atoms in total. The maximum atomic E-state index is 12.0. The second kappa shape index (κ2) is 6.23. The lowest BCUT2D eigenvalue weighted by Gasteiger charge is -2.11. The van der Waals surface area contributed by atoms with Crippen molar-refractivity contribution in [3.8, 4) is 0 Å². The zero-order chi connectivity index (χ0) is 14.6. The largest absolute Gasteiger partial charge is 0.398 e. The van der Waals surface area contributed by atoms with Gasteiger partial charge in [0.25, 0.3) is 0 Å². The number of nitrogens with one attached hydrogen (secondary N) is 2. The maximum Gasteiger partial charge on any atom is 0.243 e. The van der Waals surface area contributed by atoms with Crippen LogP contribution < -0.4 is 15.8 Å². The Balaban J connectivity index is 2.82. The normalized spacial score (nSPS) is 11.6. The van der Waals surface area contributed by atoms with Crippen molar-refractivity contribution in [3.05, 3.63) is 23.2 Å². The highest BCUT2D eigenvalue weighted by atomic mass is 35.5. The number of halogens is 1. The van der Waals surface area contributed by atoms with Crippen molar-refractivity contribution in [1.82, 2.24) is 10.0 Å². The quantitative estimate of drug-likeness (QED) is 0.698. The Morgan fingerprint density at radius 3 is 2.63 bits per heavy atom. The summed E-state index contributed by atoms with van der Waals surface area (Å²) in [5.74, 6) is -0.417. The summed E-state index contributed by atoms with van der Waals surface area (Å²) >= 11 is 5.73. The molecule has 0 fully saturated rings. The van der Waals surface area contributed by atoms with Gasteiger partial charge in [-0.2, -0.15) is 0 Å². The van der Waals surface area contributed by atoms with Crippen molar-refractivity contribution >= 4 is 33.2 Å². The van der Waals surface area contributed by atoms with Crippen LogP contribution in [0.15, 0.2) is 23.1 Å². The average molecular weight is 306 g/mol. The van der Waals surface area contributed by atoms with E-state index in [-0.39, 0.29) is 28.2 Å². The Morgan fingerprint density at radius 2 is 2.05 bits per heavy atom. The van der Waals surface area contributed by atoms with Crippen LogP contribution in [0.2, 0.25) is 5.02 Å². The van der Waals surface area contributed by atoms with Gasteiger partial charge < -0.3 is 11.1 Å². The van der Waals surface area contributed by atoms with Gasteiger partial charge >= 0.3 is 0 Å². The highest BCUT2D eigenvalue weighted by molar-refractivity contribution is 7.89. The van der Waals surface area contributed by atoms with E-state index in [0.29, 0.717) is 0 Å². The highest BCUT2D eigenvalue weighted by Crippen LogP contribution is 2.22. The van der Waals surface area contributed by atoms with Gasteiger partial charge in [0.1, 0.15) is 4.90 Å². The van der Waals surface area contributed by atoms with Crippen LogP contribution in [0, 0.1) is 0 Å². The van der Waals surface area contributed by atoms with Gasteiger partial charge in [-0.3, -0.25) is 4.79 Å². The molecule has 1 aromatic rings. The number of hydrogen-bond donors (Lipinski definition) is 3. The molecule has 0 saturated heterocycles. The summed E-state index contributed by atoms with van der Waals surface area (Å²) in [7, 11) is -3.86. The SMILES string of the molecule is CC(C)NC(=O)CNS(=O)(=O)c1cc(Cl)ccc1N. The molecule has 0 aliphatic rings. The van der Waals surface area contributed by atoms with Crippen molar-refractivity contribution in [2.45, 2.75) is 24.8 Å². The van der Waals surface area contributed by atoms with Gasteiger partial charge in [-0.1, -0.05) is 11.6 Å². The standard InChI is InChI=1S/C11H16ClN3O3S/c1-7(2)15-11(16)6-14-19(17,18)10-5-8(12)3-4-9(10)13/h3-5,7,14H,6,13H2,1-2H3,(H,15,16). The summed E-state index contributed by atoms with van der Waals surface area (Å²) in [5, 5.41) is 2.82. The second-order valence-electron chi connectivity index (χ2n) is 4.23. The van der Waals surface area contributed by atoms with Crippen LogP contribution in [0.25, 0.3) is 0 Å². The molecule has 106 valence electrons. The number of carbonyl (C=O) groups excluding carboxylic acids is 1. The van der Waals surface area contributed by atoms with Crippen LogP contribution in [-0.4, -0.2) is 26.9 Å². The number of hydrogen-bond acceptors (Lipinski definition) is 4. The highest BCUT2D eigenvalue weighted by Gasteiger charge is 2.19. The Kier molecular flexibility index (Phi) is 5.16. The summed E-state index contributed by atoms with van der Waals surface area (Å²) in [5.41, 5.74) is 5.65. The third-order valence-corrected chi connectivity index (χ3v) is 3.83. The summed E-state index contributed by atoms with van der Waals surface area (Å²) in [6.07, 6.45) is 0. The van der Waals surface area contributed by atoms with E-state index in [9.17, 15) is 13.2 Å². The fourth-order valence-corrected chi connectivity index (χ4v) is 2.73. The molecule has 1 rings (SSSR count). The van der Waals surface area contributed by atoms with Crippen LogP contribution in [0.3, 0.4) is 0 Å². The lowest BCUT2D eigenvalue weighted by atomic mass is 10.3. The van der Waals surface area contributed by atoms with E-state index in [1.54, 1.807) is 13.8 Å². The Morgan fingerprint density at radius 1 is 1.42 bits per heavy atom. The molecule has 0 saturated carbocycles. The minimum Gasteiger partial charge on any atom is -0.398 e. The van der Waals surface area contributed by atoms with Crippen LogP contribution in [0.5, 0.6) is 0 Å². The third-order valence-electron chi connectivity index (χ3n) is 2.14. The van der Waals surface area contributed by atoms with Crippen molar-refractivity contribution < 1.29 is 13.2 Å². The molecule has 0 spiro atoms. The van der Waals surface area contributed by atoms with E-state index in [1.165, 1.54) is 18.2 Å². The number of benzene rings is 1. The summed E-state index contributed by atoms with van der Waals surface area (Å²) < 4.78 is 26.1. The molecule has 0 aliphatic carbocycles. The van der Waals surface area contributed by atoms with E-state index in [0.717, 1.165) is 0 Å². The molecule has 0 unspecified atom stereocenters. The Bertz CT molecular complexity index is 573. The van der Waals surface area contributed by atoms with Crippen LogP contribution in [-0.2, 0) is 14.8 Å². The predicted octanol–water partition coefficient (Wildman–Crippen LogP) is 0.725. The summed E-state index contributed by atoms with van der Waals surface area (Å²) in [6.45, 7) is 3.20. The van der Waals surface area contributed by atoms with E-state index in [1.807, 2.05) is 0 Å². The molecule has 0 radical (unpaired) electrons. The maximum absolute atomic E-state index is 12.0. The first-order chi connectivity index (χ1) is 8.72. The van der Waals surface area contributed by atoms with Crippen molar-refractivity contribution in [3.63, 3.8) is 0 Å². The van der Waals surface area contributed by atoms with Crippen molar-refractivity contribution in [1.29, 1.82) is 0 Å². The predicted molar refractivity (Wildman–Crippen MR) is 74.3 cm³/mol. The molecule has 8 heteroatoms. The molecule has 1 aromatic carbocycles. The van der Waals surface area contributed by atoms with E-state index < -0.39 is 15.9 Å². The zero-order valence-corrected chi connectivity index (χ0v) is 12.2. The number of carbonyl (C=O) groups is 1. The molecule has 0 bridgehead atoms. The molecule has 0 aliphatic heterocycles. The molecule has 1 amide bonds. The lowest BCUT2D eigenvalue weighted by Crippen LogP contribution is -2.39. The van der Waals surface area contributed by atoms with Crippen molar-refractivity contribution in [2.24, 2.45) is 0 Å². The van der Waals surface area contributed by atoms with Gasteiger partial charge in [0, 0.05) is 11.1 Å². The van der Waals surface area contributed by atoms with Crippen LogP contribution in [0.1, 0.15) is 13.8 Å². The number of nitrogen functional groups attached to an aromatic ring is 1. The topological polar surface area (TPSA) is 101 Å². The molecule has 4 N–H and O–H groups in total. The summed E-state index contributed by atoms with van der Waals surface area (Å²) in [4.78, 5) is 11.2. The monoisotopic (exact) mass is 305 g/mol. The minimum atomic E-state index is -3.86. The fraction of sp³-hybridized carbons (Fsp3) is 0.364. The molecule has 0 heterocycles. The van der Waals surface area contributed by atoms with Crippen LogP contribution >= 0.6 is 11.6 Å². The van der Waals surface area contributed by atoms with Gasteiger partial charge in [-0.15, -0.1) is 0 Å². The molecule has 0 aromatic heterocycles. The first-order valence-corrected chi connectivity index (χ1v) is 7.42. The lowest BCUT2D eigenvalue weighted by molar-refractivity contribution is -0.120. The molecular formula is C11H16ClN3O3S. The molecule has 19 heavy (non-hydrogen) atoms. The smallest absolute Gasteiger partial charge is 0.243 e. The fourth-order valence-electron chi connectivity index (χ4n) is 1.35. The van der Waals surface area contributed by atoms with Gasteiger partial charge in [-0.05, 0) is 32.0 Å². The average Bonchev–Trinajstić information content (AvgIpc) is 2.29. The number of sulfonamides is 1. The number of nitrogens with two attached hydrogens (primary N) is 1. The first-order valence-electron chi connectivity index (χ1n) is 5.56. The van der Waals surface area contributed by atoms with E-state index >= 15 is 0 Å². The Labute approximate surface area is 117 Å². The molecule has 0 atom stereocenters. The number of anilines is 1. The zero-order valence-electron chi connectivity index (χ0n) is 10.6. The minimum absolute atomic E-state index is 0.0618. The number of amides is 1. The van der Waals surface area contributed by atoms with Gasteiger partial charge in [0.05, 0.1) is 12.2 Å². The van der Waals surface area contributed by atoms with Crippen molar-refractivity contribution in [2.75, 3.05) is 12.3 Å². The second-order valence-corrected chi connectivity index (χ2v) is 6.40. The first kappa shape index (κ1) is 15.7. The van der Waals surface area contributed by atoms with Gasteiger partial charge in [0.2, 0.25) is 15.9 Å². The summed E-state index contributed by atoms with van der Waals surface area (Å²) in [6, 6.07) is 4.06. The van der Waals surface area contributed by atoms with Gasteiger partial charge in [0.15, 0.2) is 0 Å².